The van der Waals surface area contributed by atoms with E-state index in [0.717, 1.165) is 11.3 Å². The fourth-order valence-electron chi connectivity index (χ4n) is 2.66. The molecule has 0 heterocycles. The summed E-state index contributed by atoms with van der Waals surface area (Å²) in [4.78, 5) is 12.3. The van der Waals surface area contributed by atoms with E-state index in [-0.39, 0.29) is 10.7 Å². The van der Waals surface area contributed by atoms with Crippen LogP contribution in [0.15, 0.2) is 48.5 Å². The lowest BCUT2D eigenvalue weighted by Crippen LogP contribution is -2.19. The molecular formula is C20H24BrNO. The van der Waals surface area contributed by atoms with Gasteiger partial charge >= 0.3 is 0 Å². The molecule has 1 N–H and O–H groups in total. The Kier molecular flexibility index (Phi) is 6.00. The minimum absolute atomic E-state index is 0.0359. The van der Waals surface area contributed by atoms with Gasteiger partial charge in [-0.1, -0.05) is 92.2 Å². The van der Waals surface area contributed by atoms with E-state index in [1.807, 2.05) is 30.3 Å². The summed E-state index contributed by atoms with van der Waals surface area (Å²) in [6.07, 6.45) is 0. The standard InChI is InChI=1S/C20H24BrNO/c1-13(2)16-11-8-12-17(14(3)4)19(16)22-20(23)18(21)15-9-6-5-7-10-15/h5-14,18H,1-4H3,(H,22,23). The highest BCUT2D eigenvalue weighted by Crippen LogP contribution is 2.34. The summed E-state index contributed by atoms with van der Waals surface area (Å²) < 4.78 is 0. The molecule has 0 spiro atoms. The third kappa shape index (κ3) is 4.23. The predicted octanol–water partition coefficient (Wildman–Crippen LogP) is 6.01. The van der Waals surface area contributed by atoms with Crippen LogP contribution in [-0.4, -0.2) is 5.91 Å². The number of para-hydroxylation sites is 1. The summed E-state index contributed by atoms with van der Waals surface area (Å²) in [7, 11) is 0. The maximum absolute atomic E-state index is 12.7. The SMILES string of the molecule is CC(C)c1cccc(C(C)C)c1NC(=O)C(Br)c1ccccc1. The molecule has 0 saturated heterocycles. The first-order valence-electron chi connectivity index (χ1n) is 8.04. The normalized spacial score (nSPS) is 12.5. The highest BCUT2D eigenvalue weighted by Gasteiger charge is 2.21. The maximum Gasteiger partial charge on any atom is 0.242 e. The molecule has 122 valence electrons. The zero-order valence-corrected chi connectivity index (χ0v) is 15.7. The van der Waals surface area contributed by atoms with Gasteiger partial charge in [0.1, 0.15) is 4.83 Å². The minimum atomic E-state index is -0.357. The van der Waals surface area contributed by atoms with E-state index in [4.69, 9.17) is 0 Å². The summed E-state index contributed by atoms with van der Waals surface area (Å²) >= 11 is 3.52. The van der Waals surface area contributed by atoms with Crippen LogP contribution in [-0.2, 0) is 4.79 Å². The van der Waals surface area contributed by atoms with Crippen LogP contribution in [0, 0.1) is 0 Å². The lowest BCUT2D eigenvalue weighted by molar-refractivity contribution is -0.115. The average molecular weight is 374 g/mol. The molecule has 0 aliphatic heterocycles. The van der Waals surface area contributed by atoms with E-state index in [1.165, 1.54) is 11.1 Å². The largest absolute Gasteiger partial charge is 0.324 e. The van der Waals surface area contributed by atoms with Gasteiger partial charge in [0.25, 0.3) is 0 Å². The zero-order chi connectivity index (χ0) is 17.0. The van der Waals surface area contributed by atoms with E-state index in [0.29, 0.717) is 11.8 Å². The third-order valence-electron chi connectivity index (χ3n) is 3.94. The molecule has 2 nitrogen and oxygen atoms in total. The molecule has 0 saturated carbocycles. The fraction of sp³-hybridized carbons (Fsp3) is 0.350. The molecule has 2 aromatic carbocycles. The number of benzene rings is 2. The van der Waals surface area contributed by atoms with Gasteiger partial charge in [0.2, 0.25) is 5.91 Å². The number of carbonyl (C=O) groups is 1. The van der Waals surface area contributed by atoms with E-state index >= 15 is 0 Å². The molecule has 0 fully saturated rings. The van der Waals surface area contributed by atoms with Crippen molar-refractivity contribution in [1.82, 2.24) is 0 Å². The molecule has 1 unspecified atom stereocenters. The number of hydrogen-bond acceptors (Lipinski definition) is 1. The van der Waals surface area contributed by atoms with Gasteiger partial charge in [-0.2, -0.15) is 0 Å². The Bertz CT molecular complexity index is 638. The van der Waals surface area contributed by atoms with Gasteiger partial charge in [0.15, 0.2) is 0 Å². The lowest BCUT2D eigenvalue weighted by Gasteiger charge is -2.21. The van der Waals surface area contributed by atoms with Crippen molar-refractivity contribution >= 4 is 27.5 Å². The van der Waals surface area contributed by atoms with Gasteiger partial charge in [0.05, 0.1) is 0 Å². The van der Waals surface area contributed by atoms with Crippen molar-refractivity contribution in [2.75, 3.05) is 5.32 Å². The van der Waals surface area contributed by atoms with Crippen molar-refractivity contribution in [1.29, 1.82) is 0 Å². The van der Waals surface area contributed by atoms with Crippen LogP contribution in [0.4, 0.5) is 5.69 Å². The molecule has 0 bridgehead atoms. The molecule has 3 heteroatoms. The van der Waals surface area contributed by atoms with Gasteiger partial charge in [-0.05, 0) is 28.5 Å². The van der Waals surface area contributed by atoms with Crippen molar-refractivity contribution in [3.05, 3.63) is 65.2 Å². The first-order chi connectivity index (χ1) is 10.9. The van der Waals surface area contributed by atoms with E-state index < -0.39 is 0 Å². The van der Waals surface area contributed by atoms with E-state index in [9.17, 15) is 4.79 Å². The van der Waals surface area contributed by atoms with Crippen molar-refractivity contribution < 1.29 is 4.79 Å². The molecular weight excluding hydrogens is 350 g/mol. The Labute approximate surface area is 147 Å². The Balaban J connectivity index is 2.33. The smallest absolute Gasteiger partial charge is 0.242 e. The van der Waals surface area contributed by atoms with Crippen LogP contribution in [0.2, 0.25) is 0 Å². The molecule has 2 aromatic rings. The molecule has 0 aliphatic rings. The number of anilines is 1. The van der Waals surface area contributed by atoms with Gasteiger partial charge in [0, 0.05) is 5.69 Å². The molecule has 23 heavy (non-hydrogen) atoms. The zero-order valence-electron chi connectivity index (χ0n) is 14.1. The van der Waals surface area contributed by atoms with Crippen LogP contribution in [0.3, 0.4) is 0 Å². The van der Waals surface area contributed by atoms with Crippen molar-refractivity contribution in [3.63, 3.8) is 0 Å². The molecule has 2 rings (SSSR count). The minimum Gasteiger partial charge on any atom is -0.324 e. The molecule has 1 amide bonds. The average Bonchev–Trinajstić information content (AvgIpc) is 2.54. The summed E-state index contributed by atoms with van der Waals surface area (Å²) in [6, 6.07) is 16.0. The maximum atomic E-state index is 12.7. The number of rotatable bonds is 5. The highest BCUT2D eigenvalue weighted by atomic mass is 79.9. The Morgan fingerprint density at radius 1 is 0.870 bits per heavy atom. The molecule has 1 atom stereocenters. The highest BCUT2D eigenvalue weighted by molar-refractivity contribution is 9.09. The summed E-state index contributed by atoms with van der Waals surface area (Å²) in [5, 5.41) is 3.15. The van der Waals surface area contributed by atoms with Crippen LogP contribution in [0.25, 0.3) is 0 Å². The Morgan fingerprint density at radius 3 is 1.87 bits per heavy atom. The van der Waals surface area contributed by atoms with Crippen LogP contribution in [0.1, 0.15) is 61.0 Å². The number of amides is 1. The third-order valence-corrected chi connectivity index (χ3v) is 4.89. The van der Waals surface area contributed by atoms with E-state index in [2.05, 4.69) is 67.1 Å². The van der Waals surface area contributed by atoms with E-state index in [1.54, 1.807) is 0 Å². The monoisotopic (exact) mass is 373 g/mol. The van der Waals surface area contributed by atoms with Crippen molar-refractivity contribution in [2.24, 2.45) is 0 Å². The fourth-order valence-corrected chi connectivity index (χ4v) is 3.07. The Hall–Kier alpha value is -1.61. The van der Waals surface area contributed by atoms with Gasteiger partial charge in [-0.15, -0.1) is 0 Å². The van der Waals surface area contributed by atoms with Crippen molar-refractivity contribution in [2.45, 2.75) is 44.4 Å². The number of nitrogens with one attached hydrogen (secondary N) is 1. The first kappa shape index (κ1) is 17.7. The summed E-state index contributed by atoms with van der Waals surface area (Å²) in [5.74, 6) is 0.676. The lowest BCUT2D eigenvalue weighted by atomic mass is 9.92. The number of hydrogen-bond donors (Lipinski definition) is 1. The quantitative estimate of drug-likeness (QED) is 0.638. The molecule has 0 aromatic heterocycles. The summed E-state index contributed by atoms with van der Waals surface area (Å²) in [5.41, 5.74) is 4.27. The molecule has 0 radical (unpaired) electrons. The van der Waals surface area contributed by atoms with Crippen LogP contribution >= 0.6 is 15.9 Å². The van der Waals surface area contributed by atoms with Crippen LogP contribution < -0.4 is 5.32 Å². The number of carbonyl (C=O) groups excluding carboxylic acids is 1. The topological polar surface area (TPSA) is 29.1 Å². The van der Waals surface area contributed by atoms with Gasteiger partial charge < -0.3 is 5.32 Å². The number of alkyl halides is 1. The van der Waals surface area contributed by atoms with Crippen LogP contribution in [0.5, 0.6) is 0 Å². The van der Waals surface area contributed by atoms with Gasteiger partial charge in [-0.3, -0.25) is 4.79 Å². The summed E-state index contributed by atoms with van der Waals surface area (Å²) in [6.45, 7) is 8.60. The molecule has 0 aliphatic carbocycles. The first-order valence-corrected chi connectivity index (χ1v) is 8.96. The second-order valence-electron chi connectivity index (χ2n) is 6.38. The second-order valence-corrected chi connectivity index (χ2v) is 7.30. The predicted molar refractivity (Wildman–Crippen MR) is 101 cm³/mol. The number of halogens is 1. The Morgan fingerprint density at radius 2 is 1.39 bits per heavy atom. The van der Waals surface area contributed by atoms with Gasteiger partial charge in [-0.25, -0.2) is 0 Å². The second kappa shape index (κ2) is 7.78. The van der Waals surface area contributed by atoms with Crippen molar-refractivity contribution in [3.8, 4) is 0 Å².